The molecular formula is C18H27N5O2. The van der Waals surface area contributed by atoms with Crippen molar-refractivity contribution in [2.45, 2.75) is 56.7 Å². The van der Waals surface area contributed by atoms with Crippen molar-refractivity contribution >= 4 is 11.7 Å². The number of hydrogen-bond acceptors (Lipinski definition) is 6. The average Bonchev–Trinajstić information content (AvgIpc) is 3.48. The molecule has 1 aromatic rings. The van der Waals surface area contributed by atoms with Gasteiger partial charge in [0.05, 0.1) is 13.2 Å². The number of aromatic nitrogens is 2. The molecule has 0 bridgehead atoms. The topological polar surface area (TPSA) is 70.6 Å². The van der Waals surface area contributed by atoms with E-state index in [4.69, 9.17) is 4.74 Å². The fourth-order valence-electron chi connectivity index (χ4n) is 4.19. The van der Waals surface area contributed by atoms with Crippen LogP contribution in [0.25, 0.3) is 0 Å². The number of methoxy groups -OCH3 is 1. The number of rotatable bonds is 5. The highest BCUT2D eigenvalue weighted by molar-refractivity contribution is 5.82. The molecule has 136 valence electrons. The van der Waals surface area contributed by atoms with Crippen molar-refractivity contribution in [3.63, 3.8) is 0 Å². The first-order chi connectivity index (χ1) is 12.3. The average molecular weight is 345 g/mol. The van der Waals surface area contributed by atoms with Crippen LogP contribution >= 0.6 is 0 Å². The monoisotopic (exact) mass is 345 g/mol. The van der Waals surface area contributed by atoms with Crippen LogP contribution in [-0.4, -0.2) is 65.6 Å². The van der Waals surface area contributed by atoms with Gasteiger partial charge in [0.2, 0.25) is 11.8 Å². The van der Waals surface area contributed by atoms with Gasteiger partial charge in [-0.15, -0.1) is 0 Å². The van der Waals surface area contributed by atoms with E-state index >= 15 is 0 Å². The molecule has 1 saturated carbocycles. The number of carbonyl (C=O) groups is 1. The normalized spacial score (nSPS) is 25.5. The first-order valence-corrected chi connectivity index (χ1v) is 9.42. The van der Waals surface area contributed by atoms with Crippen LogP contribution in [0.1, 0.15) is 38.5 Å². The molecule has 1 aromatic heterocycles. The number of piperidine rings is 2. The van der Waals surface area contributed by atoms with Gasteiger partial charge in [0.25, 0.3) is 0 Å². The summed E-state index contributed by atoms with van der Waals surface area (Å²) in [4.78, 5) is 25.6. The minimum Gasteiger partial charge on any atom is -0.481 e. The standard InChI is InChI=1S/C18H27N5O2/c1-25-17-11-16(20-12-21-17)23(13-4-5-13)14-6-9-22(10-7-14)15-3-2-8-19-18(15)24/h11-15H,2-10H2,1H3,(H,19,24). The summed E-state index contributed by atoms with van der Waals surface area (Å²) in [7, 11) is 1.64. The third-order valence-corrected chi connectivity index (χ3v) is 5.63. The third kappa shape index (κ3) is 3.56. The molecule has 3 heterocycles. The van der Waals surface area contributed by atoms with E-state index in [9.17, 15) is 4.79 Å². The number of anilines is 1. The zero-order valence-corrected chi connectivity index (χ0v) is 14.9. The smallest absolute Gasteiger partial charge is 0.237 e. The predicted molar refractivity (Wildman–Crippen MR) is 94.7 cm³/mol. The zero-order valence-electron chi connectivity index (χ0n) is 14.9. The van der Waals surface area contributed by atoms with Gasteiger partial charge in [0.15, 0.2) is 0 Å². The van der Waals surface area contributed by atoms with Crippen LogP contribution in [0.3, 0.4) is 0 Å². The summed E-state index contributed by atoms with van der Waals surface area (Å²) < 4.78 is 5.27. The number of likely N-dealkylation sites (tertiary alicyclic amines) is 1. The van der Waals surface area contributed by atoms with E-state index in [1.165, 1.54) is 12.8 Å². The van der Waals surface area contributed by atoms with Crippen molar-refractivity contribution in [2.75, 3.05) is 31.6 Å². The van der Waals surface area contributed by atoms with Gasteiger partial charge in [0, 0.05) is 37.8 Å². The maximum Gasteiger partial charge on any atom is 0.237 e. The Balaban J connectivity index is 1.43. The van der Waals surface area contributed by atoms with E-state index in [2.05, 4.69) is 25.1 Å². The Morgan fingerprint density at radius 3 is 2.60 bits per heavy atom. The lowest BCUT2D eigenvalue weighted by molar-refractivity contribution is -0.128. The van der Waals surface area contributed by atoms with Crippen molar-refractivity contribution in [3.8, 4) is 5.88 Å². The largest absolute Gasteiger partial charge is 0.481 e. The van der Waals surface area contributed by atoms with Crippen LogP contribution < -0.4 is 15.0 Å². The molecule has 25 heavy (non-hydrogen) atoms. The van der Waals surface area contributed by atoms with Crippen LogP contribution in [0.15, 0.2) is 12.4 Å². The number of nitrogens with zero attached hydrogens (tertiary/aromatic N) is 4. The summed E-state index contributed by atoms with van der Waals surface area (Å²) in [5.41, 5.74) is 0. The molecule has 2 saturated heterocycles. The summed E-state index contributed by atoms with van der Waals surface area (Å²) in [6.45, 7) is 2.79. The maximum absolute atomic E-state index is 12.1. The van der Waals surface area contributed by atoms with Gasteiger partial charge in [-0.1, -0.05) is 0 Å². The van der Waals surface area contributed by atoms with Gasteiger partial charge in [0.1, 0.15) is 12.1 Å². The lowest BCUT2D eigenvalue weighted by atomic mass is 9.97. The Morgan fingerprint density at radius 2 is 1.92 bits per heavy atom. The Hall–Kier alpha value is -1.89. The molecule has 1 amide bonds. The molecule has 4 rings (SSSR count). The van der Waals surface area contributed by atoms with Crippen molar-refractivity contribution in [3.05, 3.63) is 12.4 Å². The lowest BCUT2D eigenvalue weighted by Gasteiger charge is -2.42. The van der Waals surface area contributed by atoms with Gasteiger partial charge in [-0.2, -0.15) is 0 Å². The molecule has 0 spiro atoms. The SMILES string of the molecule is COc1cc(N(C2CC2)C2CCN(C3CCCNC3=O)CC2)ncn1. The van der Waals surface area contributed by atoms with Crippen molar-refractivity contribution in [1.29, 1.82) is 0 Å². The van der Waals surface area contributed by atoms with E-state index in [-0.39, 0.29) is 11.9 Å². The summed E-state index contributed by atoms with van der Waals surface area (Å²) >= 11 is 0. The Morgan fingerprint density at radius 1 is 1.16 bits per heavy atom. The second kappa shape index (κ2) is 7.15. The van der Waals surface area contributed by atoms with E-state index in [0.717, 1.165) is 51.1 Å². The zero-order chi connectivity index (χ0) is 17.2. The minimum absolute atomic E-state index is 0.0724. The minimum atomic E-state index is 0.0724. The molecule has 2 aliphatic heterocycles. The molecule has 3 aliphatic rings. The summed E-state index contributed by atoms with van der Waals surface area (Å²) in [5, 5.41) is 3.01. The highest BCUT2D eigenvalue weighted by Gasteiger charge is 2.38. The quantitative estimate of drug-likeness (QED) is 0.865. The Bertz CT molecular complexity index is 613. The lowest BCUT2D eigenvalue weighted by Crippen LogP contribution is -2.55. The van der Waals surface area contributed by atoms with Crippen LogP contribution in [0, 0.1) is 0 Å². The van der Waals surface area contributed by atoms with Gasteiger partial charge < -0.3 is 15.0 Å². The number of nitrogens with one attached hydrogen (secondary N) is 1. The molecular weight excluding hydrogens is 318 g/mol. The van der Waals surface area contributed by atoms with Crippen LogP contribution in [0.5, 0.6) is 5.88 Å². The van der Waals surface area contributed by atoms with Gasteiger partial charge >= 0.3 is 0 Å². The first-order valence-electron chi connectivity index (χ1n) is 9.42. The van der Waals surface area contributed by atoms with Crippen molar-refractivity contribution < 1.29 is 9.53 Å². The van der Waals surface area contributed by atoms with Crippen LogP contribution in [0.2, 0.25) is 0 Å². The summed E-state index contributed by atoms with van der Waals surface area (Å²) in [6, 6.07) is 3.09. The summed E-state index contributed by atoms with van der Waals surface area (Å²) in [5.74, 6) is 1.81. The third-order valence-electron chi connectivity index (χ3n) is 5.63. The number of ether oxygens (including phenoxy) is 1. The number of carbonyl (C=O) groups excluding carboxylic acids is 1. The molecule has 3 fully saturated rings. The van der Waals surface area contributed by atoms with E-state index in [1.807, 2.05) is 6.07 Å². The molecule has 7 nitrogen and oxygen atoms in total. The molecule has 1 aliphatic carbocycles. The molecule has 0 aromatic carbocycles. The van der Waals surface area contributed by atoms with E-state index in [0.29, 0.717) is 18.0 Å². The fraction of sp³-hybridized carbons (Fsp3) is 0.722. The highest BCUT2D eigenvalue weighted by Crippen LogP contribution is 2.36. The molecule has 1 unspecified atom stereocenters. The first kappa shape index (κ1) is 16.6. The second-order valence-electron chi connectivity index (χ2n) is 7.27. The second-order valence-corrected chi connectivity index (χ2v) is 7.27. The van der Waals surface area contributed by atoms with Crippen LogP contribution in [-0.2, 0) is 4.79 Å². The van der Waals surface area contributed by atoms with E-state index in [1.54, 1.807) is 13.4 Å². The molecule has 7 heteroatoms. The fourth-order valence-corrected chi connectivity index (χ4v) is 4.19. The highest BCUT2D eigenvalue weighted by atomic mass is 16.5. The van der Waals surface area contributed by atoms with Gasteiger partial charge in [-0.3, -0.25) is 9.69 Å². The molecule has 1 atom stereocenters. The number of amides is 1. The van der Waals surface area contributed by atoms with Crippen molar-refractivity contribution in [1.82, 2.24) is 20.2 Å². The molecule has 1 N–H and O–H groups in total. The predicted octanol–water partition coefficient (Wildman–Crippen LogP) is 1.20. The van der Waals surface area contributed by atoms with Crippen molar-refractivity contribution in [2.24, 2.45) is 0 Å². The Labute approximate surface area is 148 Å². The van der Waals surface area contributed by atoms with E-state index < -0.39 is 0 Å². The Kier molecular flexibility index (Phi) is 4.74. The maximum atomic E-state index is 12.1. The number of hydrogen-bond donors (Lipinski definition) is 1. The summed E-state index contributed by atoms with van der Waals surface area (Å²) in [6.07, 6.45) is 8.29. The molecule has 0 radical (unpaired) electrons. The van der Waals surface area contributed by atoms with Gasteiger partial charge in [-0.25, -0.2) is 9.97 Å². The van der Waals surface area contributed by atoms with Crippen LogP contribution in [0.4, 0.5) is 5.82 Å². The van der Waals surface area contributed by atoms with Gasteiger partial charge in [-0.05, 0) is 38.5 Å².